The summed E-state index contributed by atoms with van der Waals surface area (Å²) in [5.74, 6) is -1.71. The van der Waals surface area contributed by atoms with E-state index in [1.54, 1.807) is 12.1 Å². The van der Waals surface area contributed by atoms with Crippen molar-refractivity contribution in [3.8, 4) is 0 Å². The van der Waals surface area contributed by atoms with Gasteiger partial charge in [-0.25, -0.2) is 4.79 Å². The van der Waals surface area contributed by atoms with Gasteiger partial charge in [0, 0.05) is 97.9 Å². The van der Waals surface area contributed by atoms with Crippen LogP contribution in [-0.2, 0) is 21.0 Å². The second kappa shape index (κ2) is 14.9. The topological polar surface area (TPSA) is 160 Å². The number of carbonyl (C=O) groups is 3. The number of hydrogen-bond donors (Lipinski definition) is 8. The Morgan fingerprint density at radius 3 is 1.60 bits per heavy atom. The highest BCUT2D eigenvalue weighted by Gasteiger charge is 2.33. The molecular formula is C27H45N9O4. The van der Waals surface area contributed by atoms with Crippen LogP contribution in [0.5, 0.6) is 0 Å². The lowest BCUT2D eigenvalue weighted by Gasteiger charge is -2.38. The van der Waals surface area contributed by atoms with E-state index in [-0.39, 0.29) is 29.5 Å². The van der Waals surface area contributed by atoms with Gasteiger partial charge in [-0.1, -0.05) is 12.1 Å². The molecule has 0 atom stereocenters. The minimum Gasteiger partial charge on any atom is -0.325 e. The molecule has 5 rings (SSSR count). The molecule has 4 saturated heterocycles. The smallest absolute Gasteiger partial charge is 0.325 e. The van der Waals surface area contributed by atoms with Crippen molar-refractivity contribution >= 4 is 17.8 Å². The quantitative estimate of drug-likeness (QED) is 0.170. The molecule has 4 fully saturated rings. The number of imide groups is 1. The van der Waals surface area contributed by atoms with Gasteiger partial charge < -0.3 is 47.4 Å². The molecule has 4 heterocycles. The third kappa shape index (κ3) is 8.51. The van der Waals surface area contributed by atoms with Crippen molar-refractivity contribution in [3.63, 3.8) is 0 Å². The number of benzene rings is 1. The second-order valence-electron chi connectivity index (χ2n) is 10.9. The number of nitrogens with zero attached hydrogens (tertiary/aromatic N) is 1. The van der Waals surface area contributed by atoms with Crippen molar-refractivity contribution < 1.29 is 19.2 Å². The van der Waals surface area contributed by atoms with Gasteiger partial charge in [0.25, 0.3) is 11.8 Å². The minimum absolute atomic E-state index is 0.0607. The highest BCUT2D eigenvalue weighted by atomic mass is 16.7. The second-order valence-corrected chi connectivity index (χ2v) is 10.9. The maximum absolute atomic E-state index is 12.5. The molecule has 13 nitrogen and oxygen atoms in total. The molecule has 0 unspecified atom stereocenters. The molecule has 0 radical (unpaired) electrons. The lowest BCUT2D eigenvalue weighted by atomic mass is 9.97. The molecule has 222 valence electrons. The zero-order valence-corrected chi connectivity index (χ0v) is 23.5. The Morgan fingerprint density at radius 1 is 0.750 bits per heavy atom. The first-order valence-corrected chi connectivity index (χ1v) is 14.3. The zero-order valence-electron chi connectivity index (χ0n) is 23.5. The molecule has 8 N–H and O–H groups in total. The van der Waals surface area contributed by atoms with Gasteiger partial charge in [0.2, 0.25) is 0 Å². The van der Waals surface area contributed by atoms with Crippen LogP contribution in [0.25, 0.3) is 0 Å². The Kier molecular flexibility index (Phi) is 11.4. The Morgan fingerprint density at radius 2 is 1.18 bits per heavy atom. The number of fused-ring (bicyclic) bond motifs is 15. The maximum atomic E-state index is 12.5. The number of hydroxylamine groups is 2. The molecule has 40 heavy (non-hydrogen) atoms. The normalized spacial score (nSPS) is 27.8. The van der Waals surface area contributed by atoms with Crippen LogP contribution in [0.15, 0.2) is 24.3 Å². The van der Waals surface area contributed by atoms with Crippen molar-refractivity contribution in [2.75, 3.05) is 85.6 Å². The number of nitrogens with one attached hydrogen (secondary N) is 8. The molecule has 2 bridgehead atoms. The Bertz CT molecular complexity index is 931. The largest absolute Gasteiger partial charge is 0.363 e. The summed E-state index contributed by atoms with van der Waals surface area (Å²) in [5, 5.41) is 29.7. The summed E-state index contributed by atoms with van der Waals surface area (Å²) in [6.45, 7) is 10.7. The van der Waals surface area contributed by atoms with Crippen molar-refractivity contribution in [2.45, 2.75) is 30.5 Å². The molecule has 1 aromatic rings. The predicted molar refractivity (Wildman–Crippen MR) is 152 cm³/mol. The maximum Gasteiger partial charge on any atom is 0.363 e. The predicted octanol–water partition coefficient (Wildman–Crippen LogP) is -2.74. The van der Waals surface area contributed by atoms with Crippen molar-refractivity contribution in [1.29, 1.82) is 0 Å². The average Bonchev–Trinajstić information content (AvgIpc) is 3.28. The van der Waals surface area contributed by atoms with Gasteiger partial charge in [0.15, 0.2) is 0 Å². The molecule has 1 aromatic carbocycles. The Balaban J connectivity index is 1.39. The molecule has 0 aliphatic carbocycles. The van der Waals surface area contributed by atoms with E-state index in [1.165, 1.54) is 0 Å². The summed E-state index contributed by atoms with van der Waals surface area (Å²) in [4.78, 5) is 41.0. The standard InChI is InChI=1S/C27H45N9O4/c1-28-26-15-29-8-11-32-18-27(19-33-12-9-30-16-26,20-34-13-10-31-17-26)35-14-21-2-4-22(5-3-21)25(39)40-36-23(37)6-7-24(36)38/h2-5,28-35H,6-20H2,1H3. The van der Waals surface area contributed by atoms with Crippen LogP contribution in [-0.4, -0.2) is 120 Å². The first-order valence-electron chi connectivity index (χ1n) is 14.3. The molecule has 4 aliphatic rings. The van der Waals surface area contributed by atoms with Crippen molar-refractivity contribution in [2.24, 2.45) is 0 Å². The van der Waals surface area contributed by atoms with Crippen LogP contribution >= 0.6 is 0 Å². The first-order chi connectivity index (χ1) is 19.4. The van der Waals surface area contributed by atoms with Crippen LogP contribution in [0.4, 0.5) is 0 Å². The highest BCUT2D eigenvalue weighted by molar-refractivity contribution is 6.02. The third-order valence-corrected chi connectivity index (χ3v) is 7.78. The van der Waals surface area contributed by atoms with Gasteiger partial charge >= 0.3 is 5.97 Å². The van der Waals surface area contributed by atoms with Crippen LogP contribution in [0.3, 0.4) is 0 Å². The van der Waals surface area contributed by atoms with Crippen molar-refractivity contribution in [1.82, 2.24) is 47.6 Å². The third-order valence-electron chi connectivity index (χ3n) is 7.78. The molecule has 0 spiro atoms. The molecular weight excluding hydrogens is 514 g/mol. The summed E-state index contributed by atoms with van der Waals surface area (Å²) in [7, 11) is 2.03. The van der Waals surface area contributed by atoms with Gasteiger partial charge in [-0.15, -0.1) is 5.06 Å². The number of likely N-dealkylation sites (N-methyl/N-ethyl adjacent to an activating group) is 1. The lowest BCUT2D eigenvalue weighted by Crippen LogP contribution is -2.66. The summed E-state index contributed by atoms with van der Waals surface area (Å²) >= 11 is 0. The van der Waals surface area contributed by atoms with Crippen molar-refractivity contribution in [3.05, 3.63) is 35.4 Å². The summed E-state index contributed by atoms with van der Waals surface area (Å²) in [6, 6.07) is 7.04. The van der Waals surface area contributed by atoms with E-state index in [0.717, 1.165) is 84.1 Å². The summed E-state index contributed by atoms with van der Waals surface area (Å²) in [6.07, 6.45) is 0.134. The fourth-order valence-corrected chi connectivity index (χ4v) is 5.17. The van der Waals surface area contributed by atoms with E-state index in [0.29, 0.717) is 11.6 Å². The number of amides is 2. The first kappa shape index (κ1) is 30.5. The van der Waals surface area contributed by atoms with Crippen LogP contribution in [0, 0.1) is 0 Å². The van der Waals surface area contributed by atoms with Crippen LogP contribution < -0.4 is 42.5 Å². The summed E-state index contributed by atoms with van der Waals surface area (Å²) < 4.78 is 0. The average molecular weight is 560 g/mol. The fraction of sp³-hybridized carbons (Fsp3) is 0.667. The van der Waals surface area contributed by atoms with E-state index in [4.69, 9.17) is 4.84 Å². The van der Waals surface area contributed by atoms with E-state index < -0.39 is 17.8 Å². The van der Waals surface area contributed by atoms with E-state index >= 15 is 0 Å². The fourth-order valence-electron chi connectivity index (χ4n) is 5.17. The monoisotopic (exact) mass is 559 g/mol. The number of carbonyl (C=O) groups excluding carboxylic acids is 3. The lowest BCUT2D eigenvalue weighted by molar-refractivity contribution is -0.172. The van der Waals surface area contributed by atoms with Gasteiger partial charge in [0.1, 0.15) is 0 Å². The minimum atomic E-state index is -0.723. The van der Waals surface area contributed by atoms with Gasteiger partial charge in [0.05, 0.1) is 16.6 Å². The molecule has 13 heteroatoms. The zero-order chi connectivity index (χ0) is 28.3. The Labute approximate surface area is 236 Å². The van der Waals surface area contributed by atoms with E-state index in [2.05, 4.69) is 42.5 Å². The molecule has 0 aromatic heterocycles. The molecule has 2 amide bonds. The number of rotatable bonds is 6. The van der Waals surface area contributed by atoms with Gasteiger partial charge in [-0.3, -0.25) is 9.59 Å². The van der Waals surface area contributed by atoms with Crippen LogP contribution in [0.1, 0.15) is 28.8 Å². The molecule has 0 saturated carbocycles. The number of hydrogen-bond acceptors (Lipinski definition) is 12. The van der Waals surface area contributed by atoms with E-state index in [1.807, 2.05) is 19.2 Å². The highest BCUT2D eigenvalue weighted by Crippen LogP contribution is 2.15. The van der Waals surface area contributed by atoms with Gasteiger partial charge in [-0.05, 0) is 24.7 Å². The summed E-state index contributed by atoms with van der Waals surface area (Å²) in [5.41, 5.74) is 0.975. The van der Waals surface area contributed by atoms with Gasteiger partial charge in [-0.2, -0.15) is 0 Å². The Hall–Kier alpha value is -2.49. The van der Waals surface area contributed by atoms with Crippen LogP contribution in [0.2, 0.25) is 0 Å². The van der Waals surface area contributed by atoms with E-state index in [9.17, 15) is 14.4 Å². The SMILES string of the molecule is CNC12CNCCNCC(NCc3ccc(C(=O)ON4C(=O)CCC4=O)cc3)(CNCCNC1)CNCCNC2. The molecule has 4 aliphatic heterocycles.